The molecule has 0 aromatic carbocycles. The predicted molar refractivity (Wildman–Crippen MR) is 50.6 cm³/mol. The third-order valence-corrected chi connectivity index (χ3v) is 1.95. The fourth-order valence-corrected chi connectivity index (χ4v) is 1.08. The number of hydrazone groups is 1. The van der Waals surface area contributed by atoms with Crippen LogP contribution in [0.25, 0.3) is 0 Å². The molecule has 1 atom stereocenters. The van der Waals surface area contributed by atoms with Crippen molar-refractivity contribution in [1.29, 1.82) is 0 Å². The van der Waals surface area contributed by atoms with Crippen molar-refractivity contribution >= 4 is 28.9 Å². The van der Waals surface area contributed by atoms with Gasteiger partial charge in [-0.05, 0) is 6.92 Å². The monoisotopic (exact) mass is 205 g/mol. The molecule has 3 amide bonds. The number of nitrogens with two attached hydrogens (primary N) is 3. The molecular formula is C5H11N5O2S. The molecule has 7 N–H and O–H groups in total. The molecule has 8 heteroatoms. The highest BCUT2D eigenvalue weighted by Gasteiger charge is 2.16. The van der Waals surface area contributed by atoms with Crippen LogP contribution in [0.5, 0.6) is 0 Å². The Hall–Kier alpha value is -1.44. The molecule has 0 heterocycles. The van der Waals surface area contributed by atoms with E-state index in [0.717, 1.165) is 11.8 Å². The molecule has 0 radical (unpaired) electrons. The number of carbonyl (C=O) groups excluding carboxylic acids is 2. The molecule has 0 bridgehead atoms. The van der Waals surface area contributed by atoms with Crippen LogP contribution in [0.2, 0.25) is 0 Å². The number of hydrogen-bond acceptors (Lipinski definition) is 5. The van der Waals surface area contributed by atoms with E-state index in [4.69, 9.17) is 17.3 Å². The summed E-state index contributed by atoms with van der Waals surface area (Å²) >= 11 is 0.933. The lowest BCUT2D eigenvalue weighted by atomic mass is 10.4. The van der Waals surface area contributed by atoms with E-state index >= 15 is 0 Å². The molecule has 0 saturated carbocycles. The van der Waals surface area contributed by atoms with Gasteiger partial charge in [-0.1, -0.05) is 11.8 Å². The zero-order chi connectivity index (χ0) is 10.4. The van der Waals surface area contributed by atoms with E-state index in [2.05, 4.69) is 5.10 Å². The highest BCUT2D eigenvalue weighted by molar-refractivity contribution is 8.14. The largest absolute Gasteiger partial charge is 0.377 e. The Balaban J connectivity index is 4.04. The number of nitrogens with one attached hydrogen (secondary N) is 1. The second kappa shape index (κ2) is 5.25. The third-order valence-electron chi connectivity index (χ3n) is 1.04. The number of amides is 3. The van der Waals surface area contributed by atoms with Gasteiger partial charge in [-0.15, -0.1) is 0 Å². The fraction of sp³-hybridized carbons (Fsp3) is 0.400. The Kier molecular flexibility index (Phi) is 4.67. The molecule has 0 spiro atoms. The van der Waals surface area contributed by atoms with Crippen LogP contribution in [0.15, 0.2) is 5.10 Å². The van der Waals surface area contributed by atoms with Crippen molar-refractivity contribution in [2.75, 3.05) is 0 Å². The smallest absolute Gasteiger partial charge is 0.318 e. The van der Waals surface area contributed by atoms with Gasteiger partial charge in [0.1, 0.15) is 0 Å². The predicted octanol–water partition coefficient (Wildman–Crippen LogP) is -1.51. The summed E-state index contributed by atoms with van der Waals surface area (Å²) in [5.41, 5.74) is 9.96. The normalized spacial score (nSPS) is 13.5. The molecule has 0 aromatic rings. The Morgan fingerprint density at radius 3 is 2.38 bits per heavy atom. The van der Waals surface area contributed by atoms with E-state index in [9.17, 15) is 9.59 Å². The Morgan fingerprint density at radius 2 is 2.00 bits per heavy atom. The highest BCUT2D eigenvalue weighted by atomic mass is 32.2. The van der Waals surface area contributed by atoms with Crippen LogP contribution < -0.4 is 22.6 Å². The third kappa shape index (κ3) is 4.90. The maximum absolute atomic E-state index is 11.0. The fourth-order valence-electron chi connectivity index (χ4n) is 0.488. The van der Waals surface area contributed by atoms with Gasteiger partial charge < -0.3 is 17.3 Å². The average Bonchev–Trinajstić information content (AvgIpc) is 2.02. The Bertz CT molecular complexity index is 241. The van der Waals surface area contributed by atoms with Crippen molar-refractivity contribution in [1.82, 2.24) is 5.32 Å². The van der Waals surface area contributed by atoms with Crippen molar-refractivity contribution in [3.63, 3.8) is 0 Å². The number of imide groups is 1. The van der Waals surface area contributed by atoms with Gasteiger partial charge in [0, 0.05) is 0 Å². The molecule has 1 unspecified atom stereocenters. The first-order chi connectivity index (χ1) is 5.97. The molecule has 0 aromatic heterocycles. The maximum Gasteiger partial charge on any atom is 0.318 e. The molecule has 0 aliphatic heterocycles. The molecule has 7 nitrogen and oxygen atoms in total. The molecule has 0 aliphatic carbocycles. The first-order valence-electron chi connectivity index (χ1n) is 3.27. The van der Waals surface area contributed by atoms with Crippen molar-refractivity contribution < 1.29 is 9.59 Å². The molecule has 0 rings (SSSR count). The average molecular weight is 205 g/mol. The summed E-state index contributed by atoms with van der Waals surface area (Å²) < 4.78 is 0. The quantitative estimate of drug-likeness (QED) is 0.188. The number of carbonyl (C=O) groups is 2. The number of rotatable bonds is 2. The van der Waals surface area contributed by atoms with Crippen LogP contribution in [0, 0.1) is 0 Å². The van der Waals surface area contributed by atoms with Gasteiger partial charge in [0.25, 0.3) is 0 Å². The number of hydrogen-bond donors (Lipinski definition) is 4. The van der Waals surface area contributed by atoms with E-state index < -0.39 is 17.2 Å². The van der Waals surface area contributed by atoms with E-state index in [1.54, 1.807) is 6.92 Å². The van der Waals surface area contributed by atoms with Crippen molar-refractivity contribution in [2.45, 2.75) is 12.2 Å². The van der Waals surface area contributed by atoms with Crippen LogP contribution in [-0.4, -0.2) is 22.4 Å². The lowest BCUT2D eigenvalue weighted by Crippen LogP contribution is -2.40. The minimum atomic E-state index is -0.902. The summed E-state index contributed by atoms with van der Waals surface area (Å²) in [5, 5.41) is 4.54. The van der Waals surface area contributed by atoms with Gasteiger partial charge in [0.05, 0.1) is 5.25 Å². The van der Waals surface area contributed by atoms with E-state index in [0.29, 0.717) is 0 Å². The van der Waals surface area contributed by atoms with Gasteiger partial charge in [-0.2, -0.15) is 5.10 Å². The summed E-state index contributed by atoms with van der Waals surface area (Å²) in [6.07, 6.45) is 0. The zero-order valence-corrected chi connectivity index (χ0v) is 7.80. The van der Waals surface area contributed by atoms with E-state index in [1.807, 2.05) is 5.32 Å². The molecule has 0 fully saturated rings. The summed E-state index contributed by atoms with van der Waals surface area (Å²) in [6.45, 7) is 1.54. The van der Waals surface area contributed by atoms with Crippen molar-refractivity contribution in [3.8, 4) is 0 Å². The second-order valence-electron chi connectivity index (χ2n) is 2.08. The number of amidine groups is 1. The lowest BCUT2D eigenvalue weighted by Gasteiger charge is -2.07. The minimum absolute atomic E-state index is 0.0621. The Labute approximate surface area is 79.1 Å². The molecular weight excluding hydrogens is 194 g/mol. The van der Waals surface area contributed by atoms with Gasteiger partial charge in [-0.25, -0.2) is 4.79 Å². The van der Waals surface area contributed by atoms with Gasteiger partial charge in [-0.3, -0.25) is 10.1 Å². The summed E-state index contributed by atoms with van der Waals surface area (Å²) in [5.74, 6) is 4.30. The number of urea groups is 1. The van der Waals surface area contributed by atoms with Crippen molar-refractivity contribution in [2.24, 2.45) is 22.4 Å². The van der Waals surface area contributed by atoms with Gasteiger partial charge in [0.15, 0.2) is 5.17 Å². The second-order valence-corrected chi connectivity index (χ2v) is 3.44. The Morgan fingerprint density at radius 1 is 1.46 bits per heavy atom. The highest BCUT2D eigenvalue weighted by Crippen LogP contribution is 2.09. The van der Waals surface area contributed by atoms with Gasteiger partial charge >= 0.3 is 6.03 Å². The first kappa shape index (κ1) is 11.6. The molecule has 13 heavy (non-hydrogen) atoms. The van der Waals surface area contributed by atoms with E-state index in [-0.39, 0.29) is 5.17 Å². The van der Waals surface area contributed by atoms with Gasteiger partial charge in [0.2, 0.25) is 5.91 Å². The van der Waals surface area contributed by atoms with Crippen LogP contribution in [0.1, 0.15) is 6.92 Å². The van der Waals surface area contributed by atoms with Crippen LogP contribution in [0.3, 0.4) is 0 Å². The van der Waals surface area contributed by atoms with Crippen LogP contribution >= 0.6 is 11.8 Å². The molecule has 0 aliphatic rings. The molecule has 0 saturated heterocycles. The minimum Gasteiger partial charge on any atom is -0.377 e. The zero-order valence-electron chi connectivity index (χ0n) is 6.98. The number of nitrogens with zero attached hydrogens (tertiary/aromatic N) is 1. The topological polar surface area (TPSA) is 137 Å². The number of primary amides is 1. The number of thioether (sulfide) groups is 1. The lowest BCUT2D eigenvalue weighted by molar-refractivity contribution is -0.119. The molecule has 74 valence electrons. The standard InChI is InChI=1S/C5H11N5O2S/c1-2(13-5(7)10-8)3(11)9-4(6)12/h2H,8H2,1H3,(H2,7,10)(H3,6,9,11,12). The summed E-state index contributed by atoms with van der Waals surface area (Å²) in [6, 6.07) is -0.902. The van der Waals surface area contributed by atoms with E-state index in [1.165, 1.54) is 0 Å². The maximum atomic E-state index is 11.0. The first-order valence-corrected chi connectivity index (χ1v) is 4.15. The summed E-state index contributed by atoms with van der Waals surface area (Å²) in [4.78, 5) is 21.3. The van der Waals surface area contributed by atoms with Crippen LogP contribution in [0.4, 0.5) is 4.79 Å². The summed E-state index contributed by atoms with van der Waals surface area (Å²) in [7, 11) is 0. The SMILES string of the molecule is CC(SC(N)=NN)C(=O)NC(N)=O. The van der Waals surface area contributed by atoms with Crippen LogP contribution in [-0.2, 0) is 4.79 Å². The van der Waals surface area contributed by atoms with Crippen molar-refractivity contribution in [3.05, 3.63) is 0 Å².